The molecule has 0 fully saturated rings. The van der Waals surface area contributed by atoms with Crippen molar-refractivity contribution in [2.75, 3.05) is 47.7 Å². The van der Waals surface area contributed by atoms with Crippen molar-refractivity contribution in [1.29, 1.82) is 0 Å². The minimum absolute atomic E-state index is 0.0234. The van der Waals surface area contributed by atoms with Gasteiger partial charge in [0.25, 0.3) is 0 Å². The number of hydrogen-bond donors (Lipinski definition) is 2. The summed E-state index contributed by atoms with van der Waals surface area (Å²) in [5.74, 6) is 0.846. The van der Waals surface area contributed by atoms with Crippen LogP contribution in [-0.2, 0) is 16.0 Å². The number of phenolic OH excluding ortho intramolecular Hbond substituents is 1. The molecule has 120 valence electrons. The van der Waals surface area contributed by atoms with Gasteiger partial charge in [-0.1, -0.05) is 0 Å². The number of aromatic hydroxyl groups is 1. The molecule has 21 heavy (non-hydrogen) atoms. The van der Waals surface area contributed by atoms with Crippen LogP contribution in [-0.4, -0.2) is 52.8 Å². The second-order valence-electron chi connectivity index (χ2n) is 4.48. The van der Waals surface area contributed by atoms with Gasteiger partial charge in [-0.15, -0.1) is 0 Å². The molecular weight excluding hydrogens is 274 g/mol. The van der Waals surface area contributed by atoms with Crippen molar-refractivity contribution in [3.8, 4) is 17.2 Å². The van der Waals surface area contributed by atoms with E-state index in [0.29, 0.717) is 37.9 Å². The smallest absolute Gasteiger partial charge is 0.200 e. The highest BCUT2D eigenvalue weighted by Gasteiger charge is 2.10. The second kappa shape index (κ2) is 10.3. The van der Waals surface area contributed by atoms with Crippen molar-refractivity contribution in [2.24, 2.45) is 0 Å². The van der Waals surface area contributed by atoms with E-state index in [1.165, 1.54) is 14.2 Å². The zero-order valence-electron chi connectivity index (χ0n) is 13.0. The molecule has 2 N–H and O–H groups in total. The quantitative estimate of drug-likeness (QED) is 0.604. The van der Waals surface area contributed by atoms with Gasteiger partial charge in [0.05, 0.1) is 27.4 Å². The van der Waals surface area contributed by atoms with Crippen molar-refractivity contribution >= 4 is 0 Å². The first-order valence-corrected chi connectivity index (χ1v) is 6.94. The maximum absolute atomic E-state index is 9.83. The van der Waals surface area contributed by atoms with Gasteiger partial charge in [0.15, 0.2) is 11.5 Å². The minimum atomic E-state index is 0.0234. The highest BCUT2D eigenvalue weighted by atomic mass is 16.5. The van der Waals surface area contributed by atoms with Crippen LogP contribution < -0.4 is 14.8 Å². The molecule has 0 heterocycles. The van der Waals surface area contributed by atoms with Gasteiger partial charge in [-0.2, -0.15) is 0 Å². The Kier molecular flexibility index (Phi) is 8.57. The normalized spacial score (nSPS) is 10.6. The molecule has 1 rings (SSSR count). The molecule has 0 spiro atoms. The van der Waals surface area contributed by atoms with Gasteiger partial charge >= 0.3 is 0 Å². The molecule has 6 heteroatoms. The van der Waals surface area contributed by atoms with Crippen LogP contribution in [0, 0.1) is 0 Å². The van der Waals surface area contributed by atoms with Gasteiger partial charge in [0.2, 0.25) is 5.75 Å². The number of ether oxygens (including phenoxy) is 4. The molecule has 6 nitrogen and oxygen atoms in total. The molecule has 0 saturated carbocycles. The van der Waals surface area contributed by atoms with Crippen molar-refractivity contribution in [2.45, 2.75) is 13.0 Å². The average molecular weight is 299 g/mol. The number of methoxy groups -OCH3 is 3. The van der Waals surface area contributed by atoms with E-state index in [2.05, 4.69) is 5.32 Å². The topological polar surface area (TPSA) is 69.2 Å². The summed E-state index contributed by atoms with van der Waals surface area (Å²) >= 11 is 0. The minimum Gasteiger partial charge on any atom is -0.502 e. The number of phenols is 1. The summed E-state index contributed by atoms with van der Waals surface area (Å²) in [5.41, 5.74) is 0.988. The summed E-state index contributed by atoms with van der Waals surface area (Å²) in [4.78, 5) is 0. The lowest BCUT2D eigenvalue weighted by molar-refractivity contribution is 0.0695. The predicted molar refractivity (Wildman–Crippen MR) is 80.2 cm³/mol. The number of rotatable bonds is 11. The highest BCUT2D eigenvalue weighted by molar-refractivity contribution is 5.52. The van der Waals surface area contributed by atoms with Crippen molar-refractivity contribution in [1.82, 2.24) is 5.32 Å². The summed E-state index contributed by atoms with van der Waals surface area (Å²) in [6.07, 6.45) is 0.927. The maximum Gasteiger partial charge on any atom is 0.200 e. The summed E-state index contributed by atoms with van der Waals surface area (Å²) in [6.45, 7) is 3.48. The number of benzene rings is 1. The van der Waals surface area contributed by atoms with Crippen LogP contribution in [0.25, 0.3) is 0 Å². The van der Waals surface area contributed by atoms with E-state index < -0.39 is 0 Å². The molecule has 0 aliphatic carbocycles. The zero-order chi connectivity index (χ0) is 15.5. The lowest BCUT2D eigenvalue weighted by Crippen LogP contribution is -2.17. The zero-order valence-corrected chi connectivity index (χ0v) is 13.0. The van der Waals surface area contributed by atoms with Crippen LogP contribution in [0.3, 0.4) is 0 Å². The molecule has 0 amide bonds. The molecule has 0 unspecified atom stereocenters. The predicted octanol–water partition coefficient (Wildman–Crippen LogP) is 1.55. The highest BCUT2D eigenvalue weighted by Crippen LogP contribution is 2.36. The Bertz CT molecular complexity index is 386. The molecule has 0 saturated heterocycles. The molecule has 0 radical (unpaired) electrons. The van der Waals surface area contributed by atoms with Gasteiger partial charge in [-0.05, 0) is 30.7 Å². The van der Waals surface area contributed by atoms with Crippen molar-refractivity contribution in [3.63, 3.8) is 0 Å². The fourth-order valence-corrected chi connectivity index (χ4v) is 1.83. The molecule has 1 aromatic carbocycles. The van der Waals surface area contributed by atoms with Gasteiger partial charge in [0.1, 0.15) is 0 Å². The molecule has 1 aromatic rings. The maximum atomic E-state index is 9.83. The Morgan fingerprint density at radius 3 is 2.24 bits per heavy atom. The van der Waals surface area contributed by atoms with Crippen molar-refractivity contribution in [3.05, 3.63) is 17.7 Å². The van der Waals surface area contributed by atoms with E-state index in [1.54, 1.807) is 19.2 Å². The average Bonchev–Trinajstić information content (AvgIpc) is 2.51. The van der Waals surface area contributed by atoms with Crippen LogP contribution in [0.2, 0.25) is 0 Å². The van der Waals surface area contributed by atoms with Gasteiger partial charge in [0, 0.05) is 20.3 Å². The standard InChI is InChI=1S/C15H25NO5/c1-18-7-8-21-6-4-5-16-11-12-9-13(19-2)15(17)14(10-12)20-3/h9-10,16-17H,4-8,11H2,1-3H3. The van der Waals surface area contributed by atoms with Crippen LogP contribution >= 0.6 is 0 Å². The molecule has 0 aromatic heterocycles. The van der Waals surface area contributed by atoms with E-state index in [-0.39, 0.29) is 5.75 Å². The SMILES string of the molecule is COCCOCCCNCc1cc(OC)c(O)c(OC)c1. The Hall–Kier alpha value is -1.50. The fraction of sp³-hybridized carbons (Fsp3) is 0.600. The van der Waals surface area contributed by atoms with Crippen LogP contribution in [0.5, 0.6) is 17.2 Å². The Morgan fingerprint density at radius 2 is 1.67 bits per heavy atom. The first-order chi connectivity index (χ1) is 10.2. The summed E-state index contributed by atoms with van der Waals surface area (Å²) in [5, 5.41) is 13.1. The molecule has 0 atom stereocenters. The number of hydrogen-bond acceptors (Lipinski definition) is 6. The summed E-state index contributed by atoms with van der Waals surface area (Å²) < 4.78 is 20.5. The Morgan fingerprint density at radius 1 is 1.00 bits per heavy atom. The fourth-order valence-electron chi connectivity index (χ4n) is 1.83. The monoisotopic (exact) mass is 299 g/mol. The summed E-state index contributed by atoms with van der Waals surface area (Å²) in [7, 11) is 4.69. The first kappa shape index (κ1) is 17.6. The van der Waals surface area contributed by atoms with Gasteiger partial charge in [-0.3, -0.25) is 0 Å². The molecular formula is C15H25NO5. The van der Waals surface area contributed by atoms with E-state index in [1.807, 2.05) is 0 Å². The first-order valence-electron chi connectivity index (χ1n) is 6.94. The Balaban J connectivity index is 2.32. The van der Waals surface area contributed by atoms with E-state index in [0.717, 1.165) is 18.5 Å². The van der Waals surface area contributed by atoms with Gasteiger partial charge in [-0.25, -0.2) is 0 Å². The Labute approximate surface area is 126 Å². The third-order valence-electron chi connectivity index (χ3n) is 2.94. The largest absolute Gasteiger partial charge is 0.502 e. The molecule has 0 aliphatic rings. The lowest BCUT2D eigenvalue weighted by Gasteiger charge is -2.12. The van der Waals surface area contributed by atoms with E-state index in [4.69, 9.17) is 18.9 Å². The third-order valence-corrected chi connectivity index (χ3v) is 2.94. The van der Waals surface area contributed by atoms with Crippen LogP contribution in [0.1, 0.15) is 12.0 Å². The molecule has 0 aliphatic heterocycles. The molecule has 0 bridgehead atoms. The van der Waals surface area contributed by atoms with E-state index in [9.17, 15) is 5.11 Å². The lowest BCUT2D eigenvalue weighted by atomic mass is 10.2. The van der Waals surface area contributed by atoms with Crippen LogP contribution in [0.4, 0.5) is 0 Å². The number of nitrogens with one attached hydrogen (secondary N) is 1. The van der Waals surface area contributed by atoms with E-state index >= 15 is 0 Å². The second-order valence-corrected chi connectivity index (χ2v) is 4.48. The van der Waals surface area contributed by atoms with Gasteiger partial charge < -0.3 is 29.4 Å². The summed E-state index contributed by atoms with van der Waals surface area (Å²) in [6, 6.07) is 3.58. The third kappa shape index (κ3) is 6.20. The van der Waals surface area contributed by atoms with Crippen molar-refractivity contribution < 1.29 is 24.1 Å². The van der Waals surface area contributed by atoms with Crippen LogP contribution in [0.15, 0.2) is 12.1 Å².